The van der Waals surface area contributed by atoms with Crippen molar-refractivity contribution in [2.75, 3.05) is 36.9 Å². The number of unbranched alkanes of at least 4 members (excludes halogenated alkanes) is 2. The fourth-order valence-electron chi connectivity index (χ4n) is 4.11. The van der Waals surface area contributed by atoms with Crippen LogP contribution in [0.5, 0.6) is 0 Å². The predicted octanol–water partition coefficient (Wildman–Crippen LogP) is -0.132. The number of aromatic nitrogens is 2. The Kier molecular flexibility index (Phi) is 19.0. The number of phosphoric ester groups is 1. The molecule has 22 nitrogen and oxygen atoms in total. The van der Waals surface area contributed by atoms with Crippen molar-refractivity contribution in [1.82, 2.24) is 25.5 Å². The lowest BCUT2D eigenvalue weighted by Gasteiger charge is -2.19. The monoisotopic (exact) mass is 838 g/mol. The second kappa shape index (κ2) is 21.5. The molecule has 6 atom stereocenters. The highest BCUT2D eigenvalue weighted by Crippen LogP contribution is 2.66. The number of rotatable bonds is 21. The number of ether oxygens (including phenoxy) is 1. The quantitative estimate of drug-likeness (QED) is 0.0337. The molecule has 6 unspecified atom stereocenters. The van der Waals surface area contributed by atoms with E-state index in [-0.39, 0.29) is 48.5 Å². The van der Waals surface area contributed by atoms with E-state index in [4.69, 9.17) is 20.3 Å². The summed E-state index contributed by atoms with van der Waals surface area (Å²) >= 11 is 0. The molecule has 27 heteroatoms. The maximum absolute atomic E-state index is 12.5. The molecule has 1 saturated heterocycles. The summed E-state index contributed by atoms with van der Waals surface area (Å²) in [7, 11) is -14.1. The Labute approximate surface area is 305 Å². The molecule has 2 rings (SSSR count). The van der Waals surface area contributed by atoms with Crippen LogP contribution in [0.25, 0.3) is 0 Å². The normalized spacial score (nSPS) is 20.1. The van der Waals surface area contributed by atoms with Gasteiger partial charge in [0.2, 0.25) is 17.7 Å². The van der Waals surface area contributed by atoms with Crippen molar-refractivity contribution in [2.24, 2.45) is 0 Å². The zero-order valence-corrected chi connectivity index (χ0v) is 32.1. The molecule has 2 heterocycles. The van der Waals surface area contributed by atoms with Crippen LogP contribution < -0.4 is 27.4 Å². The van der Waals surface area contributed by atoms with E-state index in [2.05, 4.69) is 52.8 Å². The third-order valence-corrected chi connectivity index (χ3v) is 12.6. The Morgan fingerprint density at radius 1 is 1.13 bits per heavy atom. The number of nitrogen functional groups attached to an aromatic ring is 1. The van der Waals surface area contributed by atoms with E-state index in [1.807, 2.05) is 0 Å². The summed E-state index contributed by atoms with van der Waals surface area (Å²) in [6, 6.07) is -0.706. The number of phosphoric acid groups is 3. The van der Waals surface area contributed by atoms with Gasteiger partial charge in [-0.05, 0) is 6.42 Å². The molecule has 1 aromatic rings. The van der Waals surface area contributed by atoms with E-state index in [0.29, 0.717) is 18.1 Å². The van der Waals surface area contributed by atoms with Gasteiger partial charge in [0.25, 0.3) is 0 Å². The van der Waals surface area contributed by atoms with Crippen molar-refractivity contribution in [3.63, 3.8) is 0 Å². The fourth-order valence-corrected chi connectivity index (χ4v) is 9.29. The number of carbonyl (C=O) groups excluding carboxylic acids is 3. The molecule has 1 fully saturated rings. The zero-order chi connectivity index (χ0) is 39.1. The molecule has 3 amide bonds. The number of anilines is 1. The van der Waals surface area contributed by atoms with E-state index < -0.39 is 60.2 Å². The number of hydrogen-bond acceptors (Lipinski definition) is 16. The first kappa shape index (κ1) is 45.8. The Hall–Kier alpha value is -2.32. The molecule has 0 spiro atoms. The highest BCUT2D eigenvalue weighted by atomic mass is 33.1. The molecular formula is C25H41N6O16P3S2. The van der Waals surface area contributed by atoms with Crippen molar-refractivity contribution in [1.29, 1.82) is 0 Å². The van der Waals surface area contributed by atoms with E-state index >= 15 is 0 Å². The first-order valence-electron chi connectivity index (χ1n) is 15.3. The van der Waals surface area contributed by atoms with Gasteiger partial charge in [0.1, 0.15) is 24.2 Å². The smallest absolute Gasteiger partial charge is 0.390 e. The molecule has 10 N–H and O–H groups in total. The maximum atomic E-state index is 12.5. The summed E-state index contributed by atoms with van der Waals surface area (Å²) in [5.41, 5.74) is 4.96. The molecule has 0 aliphatic carbocycles. The van der Waals surface area contributed by atoms with E-state index in [1.54, 1.807) is 0 Å². The van der Waals surface area contributed by atoms with Crippen LogP contribution in [0.3, 0.4) is 0 Å². The molecular weight excluding hydrogens is 797 g/mol. The Balaban J connectivity index is 1.86. The lowest BCUT2D eigenvalue weighted by molar-refractivity contribution is -0.127. The maximum Gasteiger partial charge on any atom is 0.490 e. The highest BCUT2D eigenvalue weighted by Gasteiger charge is 2.43. The van der Waals surface area contributed by atoms with Crippen LogP contribution in [0.4, 0.5) is 5.82 Å². The summed E-state index contributed by atoms with van der Waals surface area (Å²) < 4.78 is 52.4. The van der Waals surface area contributed by atoms with Crippen LogP contribution >= 0.6 is 45.1 Å². The summed E-state index contributed by atoms with van der Waals surface area (Å²) in [6.45, 7) is 2.85. The van der Waals surface area contributed by atoms with Crippen molar-refractivity contribution in [2.45, 2.75) is 70.4 Å². The number of nitrogens with two attached hydrogens (primary N) is 1. The van der Waals surface area contributed by atoms with Crippen LogP contribution in [0.1, 0.15) is 57.7 Å². The van der Waals surface area contributed by atoms with Crippen molar-refractivity contribution in [3.8, 4) is 11.8 Å². The van der Waals surface area contributed by atoms with E-state index in [1.165, 1.54) is 34.7 Å². The van der Waals surface area contributed by atoms with Crippen molar-refractivity contribution >= 4 is 68.6 Å². The summed E-state index contributed by atoms with van der Waals surface area (Å²) in [5, 5.41) is 18.4. The van der Waals surface area contributed by atoms with Crippen molar-refractivity contribution in [3.05, 3.63) is 22.2 Å². The third kappa shape index (κ3) is 17.7. The molecule has 52 heavy (non-hydrogen) atoms. The lowest BCUT2D eigenvalue weighted by Crippen LogP contribution is -2.47. The molecule has 1 aliphatic rings. The van der Waals surface area contributed by atoms with E-state index in [9.17, 15) is 47.8 Å². The predicted molar refractivity (Wildman–Crippen MR) is 187 cm³/mol. The number of aliphatic hydroxyl groups is 1. The minimum atomic E-state index is -5.76. The fraction of sp³-hybridized carbons (Fsp3) is 0.640. The molecule has 0 saturated carbocycles. The minimum absolute atomic E-state index is 0.0544. The van der Waals surface area contributed by atoms with E-state index in [0.717, 1.165) is 23.8 Å². The second-order valence-electron chi connectivity index (χ2n) is 10.7. The minimum Gasteiger partial charge on any atom is -0.390 e. The van der Waals surface area contributed by atoms with Gasteiger partial charge in [0, 0.05) is 44.0 Å². The Bertz CT molecular complexity index is 1670. The van der Waals surface area contributed by atoms with Gasteiger partial charge in [0.15, 0.2) is 0 Å². The lowest BCUT2D eigenvalue weighted by atomic mass is 10.2. The second-order valence-corrected chi connectivity index (χ2v) is 17.8. The number of nitrogens with one attached hydrogen (secondary N) is 3. The average Bonchev–Trinajstić information content (AvgIpc) is 3.38. The zero-order valence-electron chi connectivity index (χ0n) is 27.8. The standard InChI is InChI=1S/C25H41N6O16P3S2/c1-3-4-5-9-28-24(35)18(29-16(2)32)15-52-51-11-8-21(34)27-10-6-7-17-13-31(25(36)30-23(17)26)22-12-19(33)20(45-22)14-44-49(40,41)47-50(42,43)46-48(37,38)39/h13,18-20,22,33H,3-5,8-12,14-15H2,1-2H3,(H,27,34)(H,28,35)(H,29,32)(H,40,41)(H,42,43)(H2,26,30,36)(H2,37,38,39). The van der Waals surface area contributed by atoms with Gasteiger partial charge in [-0.2, -0.15) is 13.6 Å². The Morgan fingerprint density at radius 2 is 1.85 bits per heavy atom. The van der Waals surface area contributed by atoms with Gasteiger partial charge < -0.3 is 51.1 Å². The molecule has 0 radical (unpaired) electrons. The van der Waals surface area contributed by atoms with Gasteiger partial charge in [0.05, 0.1) is 24.8 Å². The largest absolute Gasteiger partial charge is 0.490 e. The SMILES string of the molecule is CCCCCNC(=O)C(CSSCCC(=O)NCC#Cc1cn(C2CC(O)C(COP(=O)(O)OP(=O)(O)OP(=O)(O)O)O2)c(=O)nc1N)NC(C)=O. The van der Waals surface area contributed by atoms with Crippen LogP contribution in [0, 0.1) is 11.8 Å². The van der Waals surface area contributed by atoms with Gasteiger partial charge in [-0.3, -0.25) is 23.5 Å². The van der Waals surface area contributed by atoms with Gasteiger partial charge >= 0.3 is 29.2 Å². The highest BCUT2D eigenvalue weighted by molar-refractivity contribution is 8.76. The summed E-state index contributed by atoms with van der Waals surface area (Å²) in [5.74, 6) is 4.88. The van der Waals surface area contributed by atoms with Crippen LogP contribution in [-0.4, -0.2) is 101 Å². The number of carbonyl (C=O) groups is 3. The first-order chi connectivity index (χ1) is 24.2. The Morgan fingerprint density at radius 3 is 2.50 bits per heavy atom. The van der Waals surface area contributed by atoms with Gasteiger partial charge in [-0.25, -0.2) is 18.5 Å². The first-order valence-corrected chi connectivity index (χ1v) is 22.3. The summed E-state index contributed by atoms with van der Waals surface area (Å²) in [4.78, 5) is 88.5. The van der Waals surface area contributed by atoms with Crippen LogP contribution in [-0.2, 0) is 46.0 Å². The molecule has 1 aromatic heterocycles. The summed E-state index contributed by atoms with van der Waals surface area (Å²) in [6.07, 6.45) is -0.155. The number of aliphatic hydroxyl groups excluding tert-OH is 1. The van der Waals surface area contributed by atoms with Gasteiger partial charge in [-0.15, -0.1) is 0 Å². The number of amides is 3. The van der Waals surface area contributed by atoms with Crippen LogP contribution in [0.15, 0.2) is 11.0 Å². The number of hydrogen-bond donors (Lipinski definition) is 9. The topological polar surface area (TPSA) is 337 Å². The van der Waals surface area contributed by atoms with Gasteiger partial charge in [-0.1, -0.05) is 53.2 Å². The molecule has 1 aliphatic heterocycles. The third-order valence-electron chi connectivity index (χ3n) is 6.41. The molecule has 294 valence electrons. The van der Waals surface area contributed by atoms with Crippen molar-refractivity contribution < 1.29 is 70.6 Å². The van der Waals surface area contributed by atoms with Crippen LogP contribution in [0.2, 0.25) is 0 Å². The average molecular weight is 839 g/mol. The number of nitrogens with zero attached hydrogens (tertiary/aromatic N) is 2. The molecule has 0 bridgehead atoms. The molecule has 0 aromatic carbocycles.